The van der Waals surface area contributed by atoms with E-state index in [-0.39, 0.29) is 0 Å². The molecule has 0 radical (unpaired) electrons. The van der Waals surface area contributed by atoms with Crippen molar-refractivity contribution in [2.24, 2.45) is 0 Å². The summed E-state index contributed by atoms with van der Waals surface area (Å²) in [5, 5.41) is 2.11. The van der Waals surface area contributed by atoms with E-state index in [1.54, 1.807) is 11.5 Å². The zero-order valence-electron chi connectivity index (χ0n) is 13.5. The van der Waals surface area contributed by atoms with Crippen LogP contribution in [0.15, 0.2) is 48.5 Å². The molecule has 1 saturated heterocycles. The van der Waals surface area contributed by atoms with Gasteiger partial charge in [-0.25, -0.2) is 0 Å². The van der Waals surface area contributed by atoms with E-state index in [0.29, 0.717) is 0 Å². The van der Waals surface area contributed by atoms with E-state index in [1.807, 2.05) is 12.1 Å². The Morgan fingerprint density at radius 1 is 1.00 bits per heavy atom. The van der Waals surface area contributed by atoms with Gasteiger partial charge in [0.15, 0.2) is 0 Å². The molecule has 2 aromatic carbocycles. The Bertz CT molecular complexity index is 824. The first kappa shape index (κ1) is 15.9. The van der Waals surface area contributed by atoms with Crippen LogP contribution in [-0.4, -0.2) is 42.0 Å². The first-order chi connectivity index (χ1) is 11.8. The molecule has 2 heterocycles. The molecule has 0 unspecified atom stereocenters. The monoisotopic (exact) mass is 357 g/mol. The maximum absolute atomic E-state index is 6.06. The highest BCUT2D eigenvalue weighted by atomic mass is 35.5. The van der Waals surface area contributed by atoms with E-state index in [1.165, 1.54) is 15.6 Å². The Balaban J connectivity index is 1.35. The molecular weight excluding hydrogens is 338 g/mol. The fourth-order valence-corrected chi connectivity index (χ4v) is 4.27. The molecule has 1 aliphatic heterocycles. The van der Waals surface area contributed by atoms with E-state index in [0.717, 1.165) is 50.0 Å². The van der Waals surface area contributed by atoms with Crippen LogP contribution in [-0.2, 0) is 6.42 Å². The van der Waals surface area contributed by atoms with Gasteiger partial charge in [0.2, 0.25) is 0 Å². The Morgan fingerprint density at radius 3 is 2.67 bits per heavy atom. The van der Waals surface area contributed by atoms with Crippen LogP contribution in [0.2, 0.25) is 5.02 Å². The number of fused-ring (bicyclic) bond motifs is 1. The largest absolute Gasteiger partial charge is 0.353 e. The first-order valence-corrected chi connectivity index (χ1v) is 9.51. The molecule has 3 nitrogen and oxygen atoms in total. The van der Waals surface area contributed by atoms with E-state index in [9.17, 15) is 0 Å². The summed E-state index contributed by atoms with van der Waals surface area (Å²) in [6.45, 7) is 5.36. The molecule has 5 heteroatoms. The van der Waals surface area contributed by atoms with Gasteiger partial charge in [-0.15, -0.1) is 0 Å². The third-order valence-electron chi connectivity index (χ3n) is 4.64. The minimum absolute atomic E-state index is 0.827. The van der Waals surface area contributed by atoms with Crippen molar-refractivity contribution in [3.63, 3.8) is 0 Å². The van der Waals surface area contributed by atoms with Crippen molar-refractivity contribution in [3.05, 3.63) is 59.1 Å². The lowest BCUT2D eigenvalue weighted by Gasteiger charge is -2.35. The second kappa shape index (κ2) is 7.09. The van der Waals surface area contributed by atoms with Gasteiger partial charge in [-0.3, -0.25) is 4.90 Å². The average molecular weight is 358 g/mol. The third-order valence-corrected chi connectivity index (χ3v) is 5.69. The zero-order chi connectivity index (χ0) is 16.4. The molecule has 0 atom stereocenters. The summed E-state index contributed by atoms with van der Waals surface area (Å²) in [5.41, 5.74) is 1.32. The summed E-state index contributed by atoms with van der Waals surface area (Å²) >= 11 is 7.66. The van der Waals surface area contributed by atoms with E-state index in [4.69, 9.17) is 11.6 Å². The number of rotatable bonds is 4. The molecule has 0 spiro atoms. The molecule has 1 aromatic heterocycles. The van der Waals surface area contributed by atoms with Crippen LogP contribution in [0, 0.1) is 0 Å². The average Bonchev–Trinajstić information content (AvgIpc) is 3.05. The summed E-state index contributed by atoms with van der Waals surface area (Å²) in [5.74, 6) is 1.16. The van der Waals surface area contributed by atoms with Crippen molar-refractivity contribution < 1.29 is 0 Å². The SMILES string of the molecule is Clc1cccc(CCN2CCN(c3nsc4ccccc34)CC2)c1. The smallest absolute Gasteiger partial charge is 0.150 e. The number of hydrogen-bond acceptors (Lipinski definition) is 4. The van der Waals surface area contributed by atoms with Gasteiger partial charge < -0.3 is 4.90 Å². The first-order valence-electron chi connectivity index (χ1n) is 8.36. The molecule has 0 N–H and O–H groups in total. The molecule has 1 fully saturated rings. The second-order valence-electron chi connectivity index (χ2n) is 6.21. The molecule has 0 amide bonds. The van der Waals surface area contributed by atoms with Gasteiger partial charge in [0, 0.05) is 43.1 Å². The van der Waals surface area contributed by atoms with Gasteiger partial charge in [-0.05, 0) is 47.8 Å². The number of aromatic nitrogens is 1. The topological polar surface area (TPSA) is 19.4 Å². The van der Waals surface area contributed by atoms with E-state index < -0.39 is 0 Å². The molecule has 24 heavy (non-hydrogen) atoms. The fourth-order valence-electron chi connectivity index (χ4n) is 3.26. The number of piperazine rings is 1. The number of halogens is 1. The zero-order valence-corrected chi connectivity index (χ0v) is 15.1. The number of nitrogens with zero attached hydrogens (tertiary/aromatic N) is 3. The highest BCUT2D eigenvalue weighted by molar-refractivity contribution is 7.13. The fraction of sp³-hybridized carbons (Fsp3) is 0.316. The molecule has 1 aliphatic rings. The van der Waals surface area contributed by atoms with Gasteiger partial charge in [0.1, 0.15) is 5.82 Å². The lowest BCUT2D eigenvalue weighted by atomic mass is 10.1. The molecule has 124 valence electrons. The summed E-state index contributed by atoms with van der Waals surface area (Å²) < 4.78 is 5.96. The minimum atomic E-state index is 0.827. The summed E-state index contributed by atoms with van der Waals surface area (Å²) in [4.78, 5) is 4.96. The van der Waals surface area contributed by atoms with Crippen molar-refractivity contribution in [2.45, 2.75) is 6.42 Å². The lowest BCUT2D eigenvalue weighted by Crippen LogP contribution is -2.47. The molecule has 3 aromatic rings. The van der Waals surface area contributed by atoms with Gasteiger partial charge in [-0.2, -0.15) is 4.37 Å². The van der Waals surface area contributed by atoms with Crippen LogP contribution in [0.5, 0.6) is 0 Å². The summed E-state index contributed by atoms with van der Waals surface area (Å²) in [7, 11) is 0. The maximum atomic E-state index is 6.06. The standard InChI is InChI=1S/C19H20ClN3S/c20-16-5-3-4-15(14-16)8-9-22-10-12-23(13-11-22)19-17-6-1-2-7-18(17)24-21-19/h1-7,14H,8-13H2. The van der Waals surface area contributed by atoms with Crippen molar-refractivity contribution in [1.29, 1.82) is 0 Å². The Morgan fingerprint density at radius 2 is 1.83 bits per heavy atom. The Kier molecular flexibility index (Phi) is 4.69. The van der Waals surface area contributed by atoms with Crippen LogP contribution in [0.1, 0.15) is 5.56 Å². The summed E-state index contributed by atoms with van der Waals surface area (Å²) in [6, 6.07) is 16.7. The maximum Gasteiger partial charge on any atom is 0.150 e. The molecule has 0 bridgehead atoms. The number of hydrogen-bond donors (Lipinski definition) is 0. The van der Waals surface area contributed by atoms with Crippen molar-refractivity contribution >= 4 is 39.0 Å². The van der Waals surface area contributed by atoms with Gasteiger partial charge in [-0.1, -0.05) is 35.9 Å². The van der Waals surface area contributed by atoms with Crippen molar-refractivity contribution in [2.75, 3.05) is 37.6 Å². The Hall–Kier alpha value is -1.62. The molecular formula is C19H20ClN3S. The highest BCUT2D eigenvalue weighted by Crippen LogP contribution is 2.29. The predicted octanol–water partition coefficient (Wildman–Crippen LogP) is 4.31. The van der Waals surface area contributed by atoms with Crippen LogP contribution >= 0.6 is 23.1 Å². The van der Waals surface area contributed by atoms with E-state index in [2.05, 4.69) is 50.6 Å². The van der Waals surface area contributed by atoms with Crippen LogP contribution in [0.3, 0.4) is 0 Å². The lowest BCUT2D eigenvalue weighted by molar-refractivity contribution is 0.261. The van der Waals surface area contributed by atoms with Crippen molar-refractivity contribution in [3.8, 4) is 0 Å². The molecule has 0 aliphatic carbocycles. The second-order valence-corrected chi connectivity index (χ2v) is 7.45. The number of anilines is 1. The highest BCUT2D eigenvalue weighted by Gasteiger charge is 2.20. The summed E-state index contributed by atoms with van der Waals surface area (Å²) in [6.07, 6.45) is 1.06. The normalized spacial score (nSPS) is 16.0. The molecule has 4 rings (SSSR count). The van der Waals surface area contributed by atoms with Gasteiger partial charge in [0.25, 0.3) is 0 Å². The quantitative estimate of drug-likeness (QED) is 0.693. The minimum Gasteiger partial charge on any atom is -0.353 e. The molecule has 0 saturated carbocycles. The van der Waals surface area contributed by atoms with Gasteiger partial charge in [0.05, 0.1) is 4.70 Å². The van der Waals surface area contributed by atoms with Crippen LogP contribution < -0.4 is 4.90 Å². The van der Waals surface area contributed by atoms with Gasteiger partial charge >= 0.3 is 0 Å². The van der Waals surface area contributed by atoms with E-state index >= 15 is 0 Å². The number of benzene rings is 2. The Labute approximate surface area is 151 Å². The predicted molar refractivity (Wildman–Crippen MR) is 103 cm³/mol. The van der Waals surface area contributed by atoms with Crippen LogP contribution in [0.25, 0.3) is 10.1 Å². The van der Waals surface area contributed by atoms with Crippen LogP contribution in [0.4, 0.5) is 5.82 Å². The van der Waals surface area contributed by atoms with Crippen molar-refractivity contribution in [1.82, 2.24) is 9.27 Å². The third kappa shape index (κ3) is 3.41.